The third kappa shape index (κ3) is 7.49. The van der Waals surface area contributed by atoms with Gasteiger partial charge in [0.05, 0.1) is 23.8 Å². The van der Waals surface area contributed by atoms with Crippen LogP contribution in [0.4, 0.5) is 10.1 Å². The molecule has 2 N–H and O–H groups in total. The van der Waals surface area contributed by atoms with Gasteiger partial charge in [0.1, 0.15) is 18.2 Å². The van der Waals surface area contributed by atoms with Crippen molar-refractivity contribution in [1.29, 1.82) is 0 Å². The summed E-state index contributed by atoms with van der Waals surface area (Å²) in [5.41, 5.74) is 0.891. The Kier molecular flexibility index (Phi) is 7.65. The lowest BCUT2D eigenvalue weighted by Gasteiger charge is -2.12. The number of hydrogen-bond acceptors (Lipinski definition) is 6. The smallest absolute Gasteiger partial charge is 0.306 e. The summed E-state index contributed by atoms with van der Waals surface area (Å²) in [5, 5.41) is 20.7. The minimum absolute atomic E-state index is 0.0879. The Hall–Kier alpha value is -3.02. The predicted molar refractivity (Wildman–Crippen MR) is 107 cm³/mol. The number of nitrogens with one attached hydrogen (secondary N) is 2. The molecule has 0 spiro atoms. The third-order valence-electron chi connectivity index (χ3n) is 3.80. The van der Waals surface area contributed by atoms with Crippen LogP contribution >= 0.6 is 0 Å². The van der Waals surface area contributed by atoms with E-state index in [1.54, 1.807) is 0 Å². The summed E-state index contributed by atoms with van der Waals surface area (Å²) in [6, 6.07) is 3.95. The molecule has 29 heavy (non-hydrogen) atoms. The van der Waals surface area contributed by atoms with Gasteiger partial charge in [-0.05, 0) is 30.2 Å². The van der Waals surface area contributed by atoms with Gasteiger partial charge in [0.25, 0.3) is 0 Å². The maximum atomic E-state index is 13.6. The first-order chi connectivity index (χ1) is 13.7. The second-order valence-corrected chi connectivity index (χ2v) is 8.46. The molecule has 0 radical (unpaired) electrons. The fourth-order valence-corrected chi connectivity index (χ4v) is 3.38. The van der Waals surface area contributed by atoms with E-state index in [1.807, 2.05) is 6.92 Å². The molecule has 1 aromatic heterocycles. The lowest BCUT2D eigenvalue weighted by atomic mass is 10.1. The molecule has 0 aliphatic heterocycles. The first-order valence-corrected chi connectivity index (χ1v) is 10.9. The maximum Gasteiger partial charge on any atom is 0.306 e. The van der Waals surface area contributed by atoms with Crippen LogP contribution in [0.2, 0.25) is 0 Å². The number of nitro groups is 1. The van der Waals surface area contributed by atoms with Crippen LogP contribution < -0.4 is 10.6 Å². The van der Waals surface area contributed by atoms with Crippen molar-refractivity contribution < 1.29 is 17.7 Å². The Labute approximate surface area is 167 Å². The number of guanidine groups is 1. The highest BCUT2D eigenvalue weighted by Crippen LogP contribution is 2.15. The molecule has 10 nitrogen and oxygen atoms in total. The number of halogens is 1. The van der Waals surface area contributed by atoms with Crippen LogP contribution in [0.1, 0.15) is 18.1 Å². The average Bonchev–Trinajstić information content (AvgIpc) is 3.10. The first kappa shape index (κ1) is 22.3. The van der Waals surface area contributed by atoms with Gasteiger partial charge in [-0.25, -0.2) is 17.8 Å². The predicted octanol–water partition coefficient (Wildman–Crippen LogP) is 1.23. The molecule has 0 aliphatic rings. The highest BCUT2D eigenvalue weighted by atomic mass is 32.2. The fraction of sp³-hybridized carbons (Fsp3) is 0.412. The summed E-state index contributed by atoms with van der Waals surface area (Å²) in [7, 11) is -3.27. The van der Waals surface area contributed by atoms with Gasteiger partial charge in [-0.2, -0.15) is 5.10 Å². The Morgan fingerprint density at radius 3 is 2.72 bits per heavy atom. The largest absolute Gasteiger partial charge is 0.357 e. The zero-order chi connectivity index (χ0) is 21.4. The fourth-order valence-electron chi connectivity index (χ4n) is 2.53. The van der Waals surface area contributed by atoms with Crippen molar-refractivity contribution in [2.45, 2.75) is 25.8 Å². The van der Waals surface area contributed by atoms with Gasteiger partial charge in [0, 0.05) is 19.3 Å². The second-order valence-electron chi connectivity index (χ2n) is 6.32. The Morgan fingerprint density at radius 2 is 2.10 bits per heavy atom. The summed E-state index contributed by atoms with van der Waals surface area (Å²) in [6.45, 7) is 3.32. The van der Waals surface area contributed by atoms with Crippen LogP contribution in [-0.2, 0) is 28.7 Å². The molecule has 0 unspecified atom stereocenters. The van der Waals surface area contributed by atoms with Crippen LogP contribution in [0, 0.1) is 15.9 Å². The van der Waals surface area contributed by atoms with Gasteiger partial charge in [-0.15, -0.1) is 0 Å². The molecule has 0 saturated carbocycles. The van der Waals surface area contributed by atoms with Crippen LogP contribution in [0.15, 0.2) is 35.6 Å². The molecule has 0 saturated heterocycles. The lowest BCUT2D eigenvalue weighted by molar-refractivity contribution is -0.385. The zero-order valence-corrected chi connectivity index (χ0v) is 16.9. The van der Waals surface area contributed by atoms with Gasteiger partial charge < -0.3 is 10.6 Å². The molecular weight excluding hydrogens is 403 g/mol. The van der Waals surface area contributed by atoms with Crippen molar-refractivity contribution >= 4 is 21.5 Å². The van der Waals surface area contributed by atoms with E-state index in [-0.39, 0.29) is 18.0 Å². The van der Waals surface area contributed by atoms with E-state index in [0.717, 1.165) is 6.26 Å². The van der Waals surface area contributed by atoms with E-state index in [2.05, 4.69) is 20.7 Å². The summed E-state index contributed by atoms with van der Waals surface area (Å²) < 4.78 is 38.2. The Morgan fingerprint density at radius 1 is 1.34 bits per heavy atom. The molecule has 0 atom stereocenters. The van der Waals surface area contributed by atoms with Crippen LogP contribution in [0.25, 0.3) is 0 Å². The van der Waals surface area contributed by atoms with Crippen molar-refractivity contribution in [2.24, 2.45) is 4.99 Å². The molecule has 0 amide bonds. The van der Waals surface area contributed by atoms with Crippen molar-refractivity contribution in [3.8, 4) is 0 Å². The topological polar surface area (TPSA) is 132 Å². The highest BCUT2D eigenvalue weighted by molar-refractivity contribution is 7.89. The number of benzene rings is 1. The maximum absolute atomic E-state index is 13.6. The number of aliphatic imine (C=N–C) groups is 1. The average molecular weight is 426 g/mol. The molecule has 0 aliphatic carbocycles. The van der Waals surface area contributed by atoms with Gasteiger partial charge in [-0.3, -0.25) is 14.8 Å². The van der Waals surface area contributed by atoms with Gasteiger partial charge in [0.2, 0.25) is 0 Å². The van der Waals surface area contributed by atoms with E-state index < -0.39 is 20.6 Å². The number of nitrogens with zero attached hydrogens (tertiary/aromatic N) is 4. The van der Waals surface area contributed by atoms with Crippen LogP contribution in [-0.4, -0.2) is 48.4 Å². The van der Waals surface area contributed by atoms with Crippen LogP contribution in [0.5, 0.6) is 0 Å². The molecule has 158 valence electrons. The van der Waals surface area contributed by atoms with Crippen molar-refractivity contribution in [3.63, 3.8) is 0 Å². The van der Waals surface area contributed by atoms with Crippen molar-refractivity contribution in [1.82, 2.24) is 20.4 Å². The standard InChI is InChI=1S/C17H23FN6O4S/c1-3-19-17(20-6-7-23-11-16(10-22-23)24(25)26)21-9-14-8-15(18)5-4-13(14)12-29(2,27)28/h4-5,8,10-11H,3,6-7,9,12H2,1-2H3,(H2,19,20,21). The number of rotatable bonds is 9. The quantitative estimate of drug-likeness (QED) is 0.267. The van der Waals surface area contributed by atoms with E-state index in [1.165, 1.54) is 35.3 Å². The summed E-state index contributed by atoms with van der Waals surface area (Å²) in [6.07, 6.45) is 3.62. The zero-order valence-electron chi connectivity index (χ0n) is 16.1. The summed E-state index contributed by atoms with van der Waals surface area (Å²) in [4.78, 5) is 14.5. The van der Waals surface area contributed by atoms with Crippen molar-refractivity contribution in [3.05, 3.63) is 57.7 Å². The van der Waals surface area contributed by atoms with E-state index in [9.17, 15) is 22.9 Å². The van der Waals surface area contributed by atoms with Gasteiger partial charge >= 0.3 is 5.69 Å². The third-order valence-corrected chi connectivity index (χ3v) is 4.64. The minimum Gasteiger partial charge on any atom is -0.357 e. The second kappa shape index (κ2) is 9.96. The highest BCUT2D eigenvalue weighted by Gasteiger charge is 2.11. The summed E-state index contributed by atoms with van der Waals surface area (Å²) in [5.74, 6) is -0.213. The monoisotopic (exact) mass is 426 g/mol. The Bertz CT molecular complexity index is 990. The van der Waals surface area contributed by atoms with Crippen LogP contribution in [0.3, 0.4) is 0 Å². The molecule has 12 heteroatoms. The first-order valence-electron chi connectivity index (χ1n) is 8.82. The van der Waals surface area contributed by atoms with E-state index in [4.69, 9.17) is 0 Å². The van der Waals surface area contributed by atoms with Crippen molar-refractivity contribution in [2.75, 3.05) is 19.3 Å². The SMILES string of the molecule is CCNC(=NCc1cc(F)ccc1CS(C)(=O)=O)NCCn1cc([N+](=O)[O-])cn1. The molecule has 0 bridgehead atoms. The molecule has 2 aromatic rings. The molecule has 1 heterocycles. The summed E-state index contributed by atoms with van der Waals surface area (Å²) >= 11 is 0. The van der Waals surface area contributed by atoms with Gasteiger partial charge in [0.15, 0.2) is 15.8 Å². The molecule has 0 fully saturated rings. The normalized spacial score (nSPS) is 12.0. The molecule has 1 aromatic carbocycles. The van der Waals surface area contributed by atoms with Gasteiger partial charge in [-0.1, -0.05) is 6.07 Å². The number of aromatic nitrogens is 2. The minimum atomic E-state index is -3.27. The Balaban J connectivity index is 2.04. The molecule has 2 rings (SSSR count). The lowest BCUT2D eigenvalue weighted by Crippen LogP contribution is -2.38. The number of hydrogen-bond donors (Lipinski definition) is 2. The van der Waals surface area contributed by atoms with E-state index >= 15 is 0 Å². The number of sulfone groups is 1. The van der Waals surface area contributed by atoms with E-state index in [0.29, 0.717) is 36.7 Å². The molecular formula is C17H23FN6O4S.